The Hall–Kier alpha value is -1.02. The molecule has 0 saturated heterocycles. The van der Waals surface area contributed by atoms with E-state index < -0.39 is 0 Å². The summed E-state index contributed by atoms with van der Waals surface area (Å²) in [6.07, 6.45) is 40.1. The molecule has 0 atom stereocenters. The van der Waals surface area contributed by atoms with Gasteiger partial charge in [-0.05, 0) is 30.9 Å². The summed E-state index contributed by atoms with van der Waals surface area (Å²) in [5.41, 5.74) is 2.87. The molecule has 1 aromatic rings. The molecule has 0 saturated carbocycles. The quantitative estimate of drug-likeness (QED) is 0.0911. The number of benzene rings is 1. The van der Waals surface area contributed by atoms with Crippen LogP contribution in [0.4, 0.5) is 5.69 Å². The fourth-order valence-corrected chi connectivity index (χ4v) is 6.44. The van der Waals surface area contributed by atoms with Gasteiger partial charge in [-0.3, -0.25) is 0 Å². The summed E-state index contributed by atoms with van der Waals surface area (Å²) in [7, 11) is 0. The number of anilines is 1. The van der Waals surface area contributed by atoms with Crippen molar-refractivity contribution in [1.82, 2.24) is 0 Å². The Morgan fingerprint density at radius 1 is 0.525 bits per heavy atom. The van der Waals surface area contributed by atoms with Gasteiger partial charge in [0.05, 0.1) is 0 Å². The lowest BCUT2D eigenvalue weighted by Gasteiger charge is -2.30. The Morgan fingerprint density at radius 3 is 1.38 bits per heavy atom. The van der Waals surface area contributed by atoms with Crippen molar-refractivity contribution >= 4 is 5.69 Å². The highest BCUT2D eigenvalue weighted by Crippen LogP contribution is 2.26. The van der Waals surface area contributed by atoms with Gasteiger partial charge in [0, 0.05) is 18.8 Å². The molecule has 0 N–H and O–H groups in total. The van der Waals surface area contributed by atoms with Gasteiger partial charge in [0.25, 0.3) is 0 Å². The number of hydrogen-bond acceptors (Lipinski definition) is 2. The molecule has 40 heavy (non-hydrogen) atoms. The number of ether oxygens (including phenoxy) is 1. The maximum atomic E-state index is 6.01. The average Bonchev–Trinajstić information content (AvgIpc) is 2.98. The lowest BCUT2D eigenvalue weighted by Crippen LogP contribution is -2.31. The first-order valence-corrected chi connectivity index (χ1v) is 18.3. The largest absolute Gasteiger partial charge is 0.361 e. The highest BCUT2D eigenvalue weighted by atomic mass is 16.5. The Labute approximate surface area is 251 Å². The van der Waals surface area contributed by atoms with E-state index in [4.69, 9.17) is 4.74 Å². The summed E-state index contributed by atoms with van der Waals surface area (Å²) in [5.74, 6) is 0. The molecule has 0 aromatic heterocycles. The van der Waals surface area contributed by atoms with Crippen molar-refractivity contribution < 1.29 is 4.74 Å². The second kappa shape index (κ2) is 26.9. The Morgan fingerprint density at radius 2 is 0.925 bits per heavy atom. The van der Waals surface area contributed by atoms with E-state index in [1.165, 1.54) is 191 Å². The number of fused-ring (bicyclic) bond motifs is 1. The molecule has 0 aliphatic carbocycles. The number of para-hydroxylation sites is 1. The van der Waals surface area contributed by atoms with Crippen molar-refractivity contribution in [3.63, 3.8) is 0 Å². The van der Waals surface area contributed by atoms with E-state index in [1.54, 1.807) is 0 Å². The van der Waals surface area contributed by atoms with E-state index in [-0.39, 0.29) is 0 Å². The van der Waals surface area contributed by atoms with Gasteiger partial charge in [-0.1, -0.05) is 186 Å². The minimum Gasteiger partial charge on any atom is -0.361 e. The third-order valence-corrected chi connectivity index (χ3v) is 9.10. The van der Waals surface area contributed by atoms with Crippen LogP contribution in [-0.2, 0) is 11.2 Å². The number of rotatable bonds is 29. The lowest BCUT2D eigenvalue weighted by atomic mass is 10.0. The Kier molecular flexibility index (Phi) is 23.6. The predicted molar refractivity (Wildman–Crippen MR) is 179 cm³/mol. The maximum absolute atomic E-state index is 6.01. The summed E-state index contributed by atoms with van der Waals surface area (Å²) in [6.45, 7) is 5.12. The molecule has 1 aliphatic rings. The van der Waals surface area contributed by atoms with Crippen molar-refractivity contribution in [2.75, 3.05) is 24.8 Å². The van der Waals surface area contributed by atoms with Gasteiger partial charge in [0.15, 0.2) is 0 Å². The number of aryl methyl sites for hydroxylation is 1. The van der Waals surface area contributed by atoms with E-state index in [0.717, 1.165) is 19.9 Å². The van der Waals surface area contributed by atoms with Crippen LogP contribution >= 0.6 is 0 Å². The summed E-state index contributed by atoms with van der Waals surface area (Å²) < 4.78 is 6.01. The highest BCUT2D eigenvalue weighted by Gasteiger charge is 2.15. The number of nitrogens with zero attached hydrogens (tertiary/aromatic N) is 1. The van der Waals surface area contributed by atoms with Crippen LogP contribution in [0.3, 0.4) is 0 Å². The van der Waals surface area contributed by atoms with E-state index in [2.05, 4.69) is 36.1 Å². The Balaban J connectivity index is 1.19. The zero-order valence-corrected chi connectivity index (χ0v) is 27.1. The van der Waals surface area contributed by atoms with E-state index >= 15 is 0 Å². The van der Waals surface area contributed by atoms with Crippen molar-refractivity contribution in [3.8, 4) is 0 Å². The lowest BCUT2D eigenvalue weighted by molar-refractivity contribution is 0.128. The molecule has 2 heteroatoms. The highest BCUT2D eigenvalue weighted by molar-refractivity contribution is 5.54. The van der Waals surface area contributed by atoms with E-state index in [9.17, 15) is 0 Å². The molecule has 0 spiro atoms. The molecule has 2 nitrogen and oxygen atoms in total. The van der Waals surface area contributed by atoms with Crippen molar-refractivity contribution in [2.45, 2.75) is 187 Å². The average molecular weight is 556 g/mol. The zero-order chi connectivity index (χ0) is 28.2. The first-order chi connectivity index (χ1) is 19.9. The number of hydrogen-bond donors (Lipinski definition) is 0. The summed E-state index contributed by atoms with van der Waals surface area (Å²) in [4.78, 5) is 2.42. The summed E-state index contributed by atoms with van der Waals surface area (Å²) in [5, 5.41) is 0. The van der Waals surface area contributed by atoms with Gasteiger partial charge in [-0.25, -0.2) is 0 Å². The molecule has 1 aromatic carbocycles. The minimum atomic E-state index is 0.760. The SMILES string of the molecule is CCCCCCCCCCCCCCCCCCCCCCCCCCCCOCN1CCCc2ccccc21. The van der Waals surface area contributed by atoms with Gasteiger partial charge < -0.3 is 9.64 Å². The van der Waals surface area contributed by atoms with Gasteiger partial charge in [0.1, 0.15) is 6.73 Å². The molecule has 0 bridgehead atoms. The molecule has 1 heterocycles. The van der Waals surface area contributed by atoms with E-state index in [1.807, 2.05) is 0 Å². The van der Waals surface area contributed by atoms with Crippen LogP contribution in [0.1, 0.15) is 186 Å². The second-order valence-electron chi connectivity index (χ2n) is 12.9. The molecule has 1 aliphatic heterocycles. The zero-order valence-electron chi connectivity index (χ0n) is 27.1. The van der Waals surface area contributed by atoms with Crippen LogP contribution in [0, 0.1) is 0 Å². The first kappa shape index (κ1) is 35.2. The molecular weight excluding hydrogens is 486 g/mol. The Bertz CT molecular complexity index is 659. The maximum Gasteiger partial charge on any atom is 0.118 e. The topological polar surface area (TPSA) is 12.5 Å². The minimum absolute atomic E-state index is 0.760. The van der Waals surface area contributed by atoms with Crippen LogP contribution in [0.15, 0.2) is 24.3 Å². The van der Waals surface area contributed by atoms with Crippen LogP contribution < -0.4 is 4.90 Å². The molecule has 0 unspecified atom stereocenters. The van der Waals surface area contributed by atoms with Crippen molar-refractivity contribution in [2.24, 2.45) is 0 Å². The third kappa shape index (κ3) is 19.2. The van der Waals surface area contributed by atoms with Crippen LogP contribution in [0.25, 0.3) is 0 Å². The molecule has 232 valence electrons. The van der Waals surface area contributed by atoms with Crippen LogP contribution in [-0.4, -0.2) is 19.9 Å². The van der Waals surface area contributed by atoms with Gasteiger partial charge in [-0.2, -0.15) is 0 Å². The first-order valence-electron chi connectivity index (χ1n) is 18.3. The standard InChI is InChI=1S/C38H69NO/c1-2-3-4-5-6-7-8-9-10-11-12-13-14-15-16-17-18-19-20-21-22-23-24-25-26-29-35-40-36-39-34-30-32-37-31-27-28-33-38(37)39/h27-28,31,33H,2-26,29-30,32,34-36H2,1H3. The molecule has 0 amide bonds. The fourth-order valence-electron chi connectivity index (χ4n) is 6.44. The predicted octanol–water partition coefficient (Wildman–Crippen LogP) is 12.6. The summed E-state index contributed by atoms with van der Waals surface area (Å²) in [6, 6.07) is 8.83. The number of unbranched alkanes of at least 4 members (excludes halogenated alkanes) is 25. The van der Waals surface area contributed by atoms with Crippen LogP contribution in [0.5, 0.6) is 0 Å². The third-order valence-electron chi connectivity index (χ3n) is 9.10. The summed E-state index contributed by atoms with van der Waals surface area (Å²) >= 11 is 0. The molecule has 0 fully saturated rings. The van der Waals surface area contributed by atoms with Gasteiger partial charge in [-0.15, -0.1) is 0 Å². The fraction of sp³-hybridized carbons (Fsp3) is 0.842. The normalized spacial score (nSPS) is 13.2. The second-order valence-corrected chi connectivity index (χ2v) is 12.9. The molecular formula is C38H69NO. The van der Waals surface area contributed by atoms with Gasteiger partial charge in [0.2, 0.25) is 0 Å². The van der Waals surface area contributed by atoms with E-state index in [0.29, 0.717) is 0 Å². The molecule has 2 rings (SSSR count). The monoisotopic (exact) mass is 556 g/mol. The van der Waals surface area contributed by atoms with Crippen molar-refractivity contribution in [3.05, 3.63) is 29.8 Å². The molecule has 0 radical (unpaired) electrons. The van der Waals surface area contributed by atoms with Crippen LogP contribution in [0.2, 0.25) is 0 Å². The smallest absolute Gasteiger partial charge is 0.118 e. The van der Waals surface area contributed by atoms with Gasteiger partial charge >= 0.3 is 0 Å². The van der Waals surface area contributed by atoms with Crippen molar-refractivity contribution in [1.29, 1.82) is 0 Å².